The van der Waals surface area contributed by atoms with Crippen molar-refractivity contribution in [3.8, 4) is 5.69 Å². The summed E-state index contributed by atoms with van der Waals surface area (Å²) in [5.41, 5.74) is -0.518. The van der Waals surface area contributed by atoms with Crippen LogP contribution in [0, 0.1) is 0 Å². The molecule has 0 aliphatic heterocycles. The smallest absolute Gasteiger partial charge is 0.251 e. The highest BCUT2D eigenvalue weighted by atomic mass is 16.3. The third kappa shape index (κ3) is 3.25. The summed E-state index contributed by atoms with van der Waals surface area (Å²) in [5.74, 6) is -0.245. The Balaban J connectivity index is 2.14. The number of nitrogens with one attached hydrogen (secondary N) is 1. The normalized spacial score (nSPS) is 12.2. The molecule has 0 aliphatic carbocycles. The van der Waals surface area contributed by atoms with Gasteiger partial charge in [-0.05, 0) is 62.4 Å². The van der Waals surface area contributed by atoms with E-state index in [1.807, 2.05) is 0 Å². The first-order chi connectivity index (χ1) is 9.71. The minimum Gasteiger partial charge on any atom is -0.388 e. The summed E-state index contributed by atoms with van der Waals surface area (Å²) >= 11 is 0. The number of benzene rings is 1. The first kappa shape index (κ1) is 15.1. The summed E-state index contributed by atoms with van der Waals surface area (Å²) in [6.45, 7) is 6.88. The minimum atomic E-state index is -1.03. The van der Waals surface area contributed by atoms with Gasteiger partial charge in [0.25, 0.3) is 5.91 Å². The van der Waals surface area contributed by atoms with Crippen molar-refractivity contribution in [1.29, 1.82) is 0 Å². The number of carbonyl (C=O) groups excluding carboxylic acids is 1. The molecule has 0 saturated heterocycles. The molecule has 0 bridgehead atoms. The van der Waals surface area contributed by atoms with Crippen molar-refractivity contribution in [2.45, 2.75) is 38.8 Å². The number of nitrogens with zero attached hydrogens (tertiary/aromatic N) is 4. The van der Waals surface area contributed by atoms with Crippen LogP contribution in [0.15, 0.2) is 30.6 Å². The van der Waals surface area contributed by atoms with Crippen LogP contribution >= 0.6 is 0 Å². The highest BCUT2D eigenvalue weighted by Crippen LogP contribution is 2.21. The lowest BCUT2D eigenvalue weighted by Gasteiger charge is -2.38. The maximum absolute atomic E-state index is 12.2. The van der Waals surface area contributed by atoms with Gasteiger partial charge in [0.2, 0.25) is 0 Å². The molecular formula is C14H19N5O2. The van der Waals surface area contributed by atoms with Crippen LogP contribution in [0.2, 0.25) is 0 Å². The maximum atomic E-state index is 12.2. The van der Waals surface area contributed by atoms with Crippen LogP contribution in [0.5, 0.6) is 0 Å². The van der Waals surface area contributed by atoms with E-state index in [9.17, 15) is 9.90 Å². The fourth-order valence-corrected chi connectivity index (χ4v) is 1.55. The quantitative estimate of drug-likeness (QED) is 0.874. The van der Waals surface area contributed by atoms with Crippen LogP contribution < -0.4 is 5.32 Å². The first-order valence-corrected chi connectivity index (χ1v) is 6.59. The zero-order valence-corrected chi connectivity index (χ0v) is 12.5. The number of hydrogen-bond donors (Lipinski definition) is 2. The summed E-state index contributed by atoms with van der Waals surface area (Å²) in [4.78, 5) is 12.2. The van der Waals surface area contributed by atoms with Gasteiger partial charge in [0.05, 0.1) is 16.8 Å². The van der Waals surface area contributed by atoms with E-state index in [-0.39, 0.29) is 5.91 Å². The molecule has 1 aromatic carbocycles. The molecule has 7 nitrogen and oxygen atoms in total. The van der Waals surface area contributed by atoms with E-state index in [1.165, 1.54) is 11.0 Å². The first-order valence-electron chi connectivity index (χ1n) is 6.59. The maximum Gasteiger partial charge on any atom is 0.251 e. The summed E-state index contributed by atoms with van der Waals surface area (Å²) in [6, 6.07) is 6.88. The highest BCUT2D eigenvalue weighted by Gasteiger charge is 2.36. The molecule has 0 aliphatic rings. The van der Waals surface area contributed by atoms with E-state index in [4.69, 9.17) is 0 Å². The van der Waals surface area contributed by atoms with Gasteiger partial charge < -0.3 is 10.4 Å². The Kier molecular flexibility index (Phi) is 3.78. The molecule has 1 heterocycles. The molecule has 112 valence electrons. The average molecular weight is 289 g/mol. The molecule has 0 saturated carbocycles. The summed E-state index contributed by atoms with van der Waals surface area (Å²) in [6.07, 6.45) is 1.48. The van der Waals surface area contributed by atoms with E-state index in [0.29, 0.717) is 5.56 Å². The molecular weight excluding hydrogens is 270 g/mol. The Bertz CT molecular complexity index is 612. The van der Waals surface area contributed by atoms with Gasteiger partial charge in [0.15, 0.2) is 0 Å². The fourth-order valence-electron chi connectivity index (χ4n) is 1.55. The van der Waals surface area contributed by atoms with Crippen LogP contribution in [0.4, 0.5) is 0 Å². The standard InChI is InChI=1S/C14H19N5O2/c1-13(2,14(3,4)21)16-12(20)10-5-7-11(8-6-10)19-9-15-17-18-19/h5-9,21H,1-4H3,(H,16,20). The lowest BCUT2D eigenvalue weighted by molar-refractivity contribution is -0.00292. The van der Waals surface area contributed by atoms with E-state index in [1.54, 1.807) is 52.0 Å². The van der Waals surface area contributed by atoms with Crippen molar-refractivity contribution in [2.75, 3.05) is 0 Å². The molecule has 0 atom stereocenters. The molecule has 0 unspecified atom stereocenters. The number of amides is 1. The van der Waals surface area contributed by atoms with Gasteiger partial charge in [-0.25, -0.2) is 4.68 Å². The van der Waals surface area contributed by atoms with Crippen molar-refractivity contribution >= 4 is 5.91 Å². The molecule has 1 aromatic heterocycles. The second-order valence-electron chi connectivity index (χ2n) is 5.94. The van der Waals surface area contributed by atoms with Crippen LogP contribution in [-0.4, -0.2) is 42.4 Å². The third-order valence-corrected chi connectivity index (χ3v) is 3.70. The van der Waals surface area contributed by atoms with Crippen LogP contribution in [0.3, 0.4) is 0 Å². The molecule has 21 heavy (non-hydrogen) atoms. The van der Waals surface area contributed by atoms with Crippen molar-refractivity contribution in [3.63, 3.8) is 0 Å². The Morgan fingerprint density at radius 3 is 2.29 bits per heavy atom. The van der Waals surface area contributed by atoms with Gasteiger partial charge in [-0.3, -0.25) is 4.79 Å². The lowest BCUT2D eigenvalue weighted by atomic mass is 9.86. The number of hydrogen-bond acceptors (Lipinski definition) is 5. The lowest BCUT2D eigenvalue weighted by Crippen LogP contribution is -2.57. The van der Waals surface area contributed by atoms with Crippen LogP contribution in [0.1, 0.15) is 38.1 Å². The second kappa shape index (κ2) is 5.25. The molecule has 2 rings (SSSR count). The minimum absolute atomic E-state index is 0.245. The second-order valence-corrected chi connectivity index (χ2v) is 5.94. The number of aromatic nitrogens is 4. The van der Waals surface area contributed by atoms with Gasteiger partial charge in [-0.1, -0.05) is 0 Å². The average Bonchev–Trinajstić information content (AvgIpc) is 2.91. The number of aliphatic hydroxyl groups is 1. The van der Waals surface area contributed by atoms with E-state index >= 15 is 0 Å². The molecule has 1 amide bonds. The zero-order chi connectivity index (χ0) is 15.7. The van der Waals surface area contributed by atoms with Gasteiger partial charge in [0.1, 0.15) is 6.33 Å². The van der Waals surface area contributed by atoms with Crippen LogP contribution in [-0.2, 0) is 0 Å². The van der Waals surface area contributed by atoms with E-state index in [2.05, 4.69) is 20.8 Å². The Morgan fingerprint density at radius 2 is 1.81 bits per heavy atom. The van der Waals surface area contributed by atoms with Gasteiger partial charge in [0, 0.05) is 5.56 Å². The van der Waals surface area contributed by atoms with Gasteiger partial charge >= 0.3 is 0 Å². The van der Waals surface area contributed by atoms with Crippen molar-refractivity contribution in [1.82, 2.24) is 25.5 Å². The summed E-state index contributed by atoms with van der Waals surface area (Å²) < 4.78 is 1.50. The summed E-state index contributed by atoms with van der Waals surface area (Å²) in [7, 11) is 0. The molecule has 0 fully saturated rings. The highest BCUT2D eigenvalue weighted by molar-refractivity contribution is 5.94. The van der Waals surface area contributed by atoms with Crippen molar-refractivity contribution in [2.24, 2.45) is 0 Å². The van der Waals surface area contributed by atoms with E-state index < -0.39 is 11.1 Å². The molecule has 2 aromatic rings. The fraction of sp³-hybridized carbons (Fsp3) is 0.429. The predicted octanol–water partition coefficient (Wildman–Crippen LogP) is 0.942. The Labute approximate surface area is 123 Å². The molecule has 2 N–H and O–H groups in total. The molecule has 0 radical (unpaired) electrons. The number of tetrazole rings is 1. The number of carbonyl (C=O) groups is 1. The van der Waals surface area contributed by atoms with Gasteiger partial charge in [-0.2, -0.15) is 0 Å². The topological polar surface area (TPSA) is 92.9 Å². The predicted molar refractivity (Wildman–Crippen MR) is 77.0 cm³/mol. The Hall–Kier alpha value is -2.28. The monoisotopic (exact) mass is 289 g/mol. The largest absolute Gasteiger partial charge is 0.388 e. The zero-order valence-electron chi connectivity index (χ0n) is 12.5. The summed E-state index contributed by atoms with van der Waals surface area (Å²) in [5, 5.41) is 23.8. The molecule has 0 spiro atoms. The van der Waals surface area contributed by atoms with Crippen LogP contribution in [0.25, 0.3) is 5.69 Å². The Morgan fingerprint density at radius 1 is 1.19 bits per heavy atom. The molecule has 7 heteroatoms. The van der Waals surface area contributed by atoms with Crippen molar-refractivity contribution in [3.05, 3.63) is 36.2 Å². The number of rotatable bonds is 4. The third-order valence-electron chi connectivity index (χ3n) is 3.70. The SMILES string of the molecule is CC(C)(O)C(C)(C)NC(=O)c1ccc(-n2cnnn2)cc1. The van der Waals surface area contributed by atoms with Crippen molar-refractivity contribution < 1.29 is 9.90 Å². The van der Waals surface area contributed by atoms with E-state index in [0.717, 1.165) is 5.69 Å². The van der Waals surface area contributed by atoms with Gasteiger partial charge in [-0.15, -0.1) is 5.10 Å².